The van der Waals surface area contributed by atoms with E-state index in [0.717, 1.165) is 16.7 Å². The van der Waals surface area contributed by atoms with Crippen LogP contribution in [0.15, 0.2) is 102 Å². The molecule has 0 unspecified atom stereocenters. The molecule has 0 fully saturated rings. The van der Waals surface area contributed by atoms with Gasteiger partial charge in [0.05, 0.1) is 4.90 Å². The van der Waals surface area contributed by atoms with E-state index in [1.54, 1.807) is 40.9 Å². The third-order valence-corrected chi connectivity index (χ3v) is 6.66. The number of sulfonamides is 1. The molecule has 34 heavy (non-hydrogen) atoms. The molecule has 0 aliphatic rings. The Morgan fingerprint density at radius 3 is 2.09 bits per heavy atom. The summed E-state index contributed by atoms with van der Waals surface area (Å²) in [6.07, 6.45) is 0. The first kappa shape index (κ1) is 21.7. The number of rotatable bonds is 8. The molecule has 8 nitrogen and oxygen atoms in total. The number of ether oxygens (including phenoxy) is 1. The van der Waals surface area contributed by atoms with Gasteiger partial charge in [-0.1, -0.05) is 72.8 Å². The molecule has 0 bridgehead atoms. The third kappa shape index (κ3) is 4.66. The molecule has 0 atom stereocenters. The second-order valence-corrected chi connectivity index (χ2v) is 9.23. The van der Waals surface area contributed by atoms with Crippen molar-refractivity contribution in [2.75, 3.05) is 13.2 Å². The fraction of sp³-hybridized carbons (Fsp3) is 0.0800. The van der Waals surface area contributed by atoms with E-state index < -0.39 is 10.0 Å². The Bertz CT molecular complexity index is 1500. The number of hydrogen-bond acceptors (Lipinski definition) is 6. The van der Waals surface area contributed by atoms with E-state index in [4.69, 9.17) is 4.74 Å². The summed E-state index contributed by atoms with van der Waals surface area (Å²) in [6.45, 7) is 0.207. The van der Waals surface area contributed by atoms with Crippen LogP contribution in [0.25, 0.3) is 28.2 Å². The molecule has 0 saturated carbocycles. The standard InChI is InChI=1S/C25H21N5O3S/c31-34(32,22-13-11-20(12-14-22)19-7-3-1-4-8-19)26-17-18-33-24-16-15-23-27-28-25(30(23)29-24)21-9-5-2-6-10-21/h1-16,26H,17-18H2. The minimum Gasteiger partial charge on any atom is -0.475 e. The summed E-state index contributed by atoms with van der Waals surface area (Å²) in [5.41, 5.74) is 3.45. The summed E-state index contributed by atoms with van der Waals surface area (Å²) in [5.74, 6) is 0.941. The van der Waals surface area contributed by atoms with Gasteiger partial charge in [0.1, 0.15) is 6.61 Å². The first-order valence-electron chi connectivity index (χ1n) is 10.7. The fourth-order valence-corrected chi connectivity index (χ4v) is 4.50. The smallest absolute Gasteiger partial charge is 0.240 e. The maximum Gasteiger partial charge on any atom is 0.240 e. The molecule has 0 amide bonds. The van der Waals surface area contributed by atoms with Gasteiger partial charge in [-0.15, -0.1) is 15.3 Å². The summed E-state index contributed by atoms with van der Waals surface area (Å²) in [6, 6.07) is 29.6. The minimum atomic E-state index is -3.66. The van der Waals surface area contributed by atoms with Crippen molar-refractivity contribution in [3.05, 3.63) is 97.1 Å². The zero-order valence-electron chi connectivity index (χ0n) is 18.1. The van der Waals surface area contributed by atoms with E-state index in [1.807, 2.05) is 60.7 Å². The molecule has 0 radical (unpaired) electrons. The molecule has 5 aromatic rings. The third-order valence-electron chi connectivity index (χ3n) is 5.19. The lowest BCUT2D eigenvalue weighted by molar-refractivity contribution is 0.306. The average molecular weight is 472 g/mol. The number of aromatic nitrogens is 4. The molecule has 1 N–H and O–H groups in total. The molecule has 0 spiro atoms. The molecule has 0 aliphatic heterocycles. The Balaban J connectivity index is 1.21. The molecular formula is C25H21N5O3S. The topological polar surface area (TPSA) is 98.5 Å². The molecule has 170 valence electrons. The van der Waals surface area contributed by atoms with Gasteiger partial charge in [0.2, 0.25) is 15.9 Å². The normalized spacial score (nSPS) is 11.5. The van der Waals surface area contributed by atoms with Crippen LogP contribution in [-0.2, 0) is 10.0 Å². The van der Waals surface area contributed by atoms with Crippen molar-refractivity contribution in [2.45, 2.75) is 4.90 Å². The van der Waals surface area contributed by atoms with E-state index in [1.165, 1.54) is 0 Å². The summed E-state index contributed by atoms with van der Waals surface area (Å²) in [7, 11) is -3.66. The molecule has 0 saturated heterocycles. The van der Waals surface area contributed by atoms with Gasteiger partial charge in [0.25, 0.3) is 0 Å². The highest BCUT2D eigenvalue weighted by molar-refractivity contribution is 7.89. The summed E-state index contributed by atoms with van der Waals surface area (Å²) < 4.78 is 35.1. The van der Waals surface area contributed by atoms with Gasteiger partial charge in [-0.25, -0.2) is 13.1 Å². The van der Waals surface area contributed by atoms with E-state index in [-0.39, 0.29) is 18.0 Å². The van der Waals surface area contributed by atoms with Gasteiger partial charge < -0.3 is 4.74 Å². The van der Waals surface area contributed by atoms with Crippen LogP contribution in [0.4, 0.5) is 0 Å². The Morgan fingerprint density at radius 2 is 1.38 bits per heavy atom. The van der Waals surface area contributed by atoms with Gasteiger partial charge in [0.15, 0.2) is 11.5 Å². The molecule has 2 heterocycles. The van der Waals surface area contributed by atoms with Gasteiger partial charge in [-0.2, -0.15) is 4.52 Å². The lowest BCUT2D eigenvalue weighted by Gasteiger charge is -2.09. The van der Waals surface area contributed by atoms with E-state index in [2.05, 4.69) is 20.0 Å². The van der Waals surface area contributed by atoms with Gasteiger partial charge in [0, 0.05) is 18.2 Å². The molecular weight excluding hydrogens is 450 g/mol. The molecule has 5 rings (SSSR count). The largest absolute Gasteiger partial charge is 0.475 e. The summed E-state index contributed by atoms with van der Waals surface area (Å²) in [5, 5.41) is 12.8. The van der Waals surface area contributed by atoms with Crippen LogP contribution < -0.4 is 9.46 Å². The van der Waals surface area contributed by atoms with Crippen molar-refractivity contribution in [1.82, 2.24) is 24.5 Å². The van der Waals surface area contributed by atoms with Gasteiger partial charge >= 0.3 is 0 Å². The highest BCUT2D eigenvalue weighted by atomic mass is 32.2. The number of nitrogens with zero attached hydrogens (tertiary/aromatic N) is 4. The van der Waals surface area contributed by atoms with Crippen molar-refractivity contribution >= 4 is 15.7 Å². The lowest BCUT2D eigenvalue weighted by atomic mass is 10.1. The van der Waals surface area contributed by atoms with Crippen molar-refractivity contribution < 1.29 is 13.2 Å². The lowest BCUT2D eigenvalue weighted by Crippen LogP contribution is -2.28. The number of benzene rings is 3. The number of hydrogen-bond donors (Lipinski definition) is 1. The van der Waals surface area contributed by atoms with E-state index in [0.29, 0.717) is 17.4 Å². The zero-order chi connectivity index (χ0) is 23.4. The Labute approximate surface area is 196 Å². The van der Waals surface area contributed by atoms with Crippen molar-refractivity contribution in [3.8, 4) is 28.4 Å². The second-order valence-electron chi connectivity index (χ2n) is 7.47. The maximum absolute atomic E-state index is 12.6. The van der Waals surface area contributed by atoms with Crippen LogP contribution in [0, 0.1) is 0 Å². The van der Waals surface area contributed by atoms with Crippen LogP contribution in [0.2, 0.25) is 0 Å². The SMILES string of the molecule is O=S(=O)(NCCOc1ccc2nnc(-c3ccccc3)n2n1)c1ccc(-c2ccccc2)cc1. The molecule has 9 heteroatoms. The van der Waals surface area contributed by atoms with Crippen LogP contribution in [0.1, 0.15) is 0 Å². The Kier molecular flexibility index (Phi) is 6.03. The van der Waals surface area contributed by atoms with Crippen LogP contribution in [0.5, 0.6) is 5.88 Å². The van der Waals surface area contributed by atoms with Crippen LogP contribution >= 0.6 is 0 Å². The predicted molar refractivity (Wildman–Crippen MR) is 129 cm³/mol. The first-order valence-corrected chi connectivity index (χ1v) is 12.1. The van der Waals surface area contributed by atoms with E-state index in [9.17, 15) is 8.42 Å². The van der Waals surface area contributed by atoms with Crippen LogP contribution in [-0.4, -0.2) is 41.4 Å². The number of nitrogens with one attached hydrogen (secondary N) is 1. The highest BCUT2D eigenvalue weighted by Crippen LogP contribution is 2.21. The Hall–Kier alpha value is -4.08. The average Bonchev–Trinajstić information content (AvgIpc) is 3.31. The van der Waals surface area contributed by atoms with Crippen LogP contribution in [0.3, 0.4) is 0 Å². The maximum atomic E-state index is 12.6. The van der Waals surface area contributed by atoms with Crippen molar-refractivity contribution in [3.63, 3.8) is 0 Å². The zero-order valence-corrected chi connectivity index (χ0v) is 18.9. The first-order chi connectivity index (χ1) is 16.6. The summed E-state index contributed by atoms with van der Waals surface area (Å²) in [4.78, 5) is 0.198. The molecule has 0 aliphatic carbocycles. The fourth-order valence-electron chi connectivity index (χ4n) is 3.49. The van der Waals surface area contributed by atoms with E-state index >= 15 is 0 Å². The monoisotopic (exact) mass is 471 g/mol. The van der Waals surface area contributed by atoms with Crippen molar-refractivity contribution in [2.24, 2.45) is 0 Å². The summed E-state index contributed by atoms with van der Waals surface area (Å²) >= 11 is 0. The minimum absolute atomic E-state index is 0.0935. The highest BCUT2D eigenvalue weighted by Gasteiger charge is 2.14. The quantitative estimate of drug-likeness (QED) is 0.346. The van der Waals surface area contributed by atoms with Gasteiger partial charge in [-0.3, -0.25) is 0 Å². The molecule has 3 aromatic carbocycles. The second kappa shape index (κ2) is 9.42. The number of fused-ring (bicyclic) bond motifs is 1. The molecule has 2 aromatic heterocycles. The Morgan fingerprint density at radius 1 is 0.735 bits per heavy atom. The predicted octanol–water partition coefficient (Wildman–Crippen LogP) is 3.82. The van der Waals surface area contributed by atoms with Gasteiger partial charge in [-0.05, 0) is 29.3 Å². The van der Waals surface area contributed by atoms with Crippen molar-refractivity contribution in [1.29, 1.82) is 0 Å².